The van der Waals surface area contributed by atoms with Crippen LogP contribution in [0.25, 0.3) is 0 Å². The first-order valence-corrected chi connectivity index (χ1v) is 8.00. The Labute approximate surface area is 129 Å². The lowest BCUT2D eigenvalue weighted by atomic mass is 9.93. The lowest BCUT2D eigenvalue weighted by molar-refractivity contribution is -0.133. The fourth-order valence-electron chi connectivity index (χ4n) is 3.90. The summed E-state index contributed by atoms with van der Waals surface area (Å²) in [6.45, 7) is 1.93. The van der Waals surface area contributed by atoms with Crippen molar-refractivity contribution in [2.24, 2.45) is 0 Å². The van der Waals surface area contributed by atoms with Crippen LogP contribution in [-0.4, -0.2) is 35.1 Å². The first kappa shape index (κ1) is 13.6. The summed E-state index contributed by atoms with van der Waals surface area (Å²) in [5, 5.41) is 4.12. The molecule has 3 heterocycles. The normalized spacial score (nSPS) is 38.5. The fraction of sp³-hybridized carbons (Fsp3) is 0.562. The number of halogens is 1. The molecule has 0 saturated carbocycles. The lowest BCUT2D eigenvalue weighted by Gasteiger charge is -2.34. The van der Waals surface area contributed by atoms with Crippen molar-refractivity contribution in [3.8, 4) is 0 Å². The van der Waals surface area contributed by atoms with E-state index in [1.54, 1.807) is 0 Å². The van der Waals surface area contributed by atoms with Gasteiger partial charge in [-0.3, -0.25) is 10.1 Å². The zero-order chi connectivity index (χ0) is 14.6. The van der Waals surface area contributed by atoms with Gasteiger partial charge < -0.3 is 9.64 Å². The maximum atomic E-state index is 12.6. The van der Waals surface area contributed by atoms with E-state index in [0.717, 1.165) is 24.8 Å². The average Bonchev–Trinajstić information content (AvgIpc) is 3.16. The van der Waals surface area contributed by atoms with E-state index in [-0.39, 0.29) is 30.3 Å². The van der Waals surface area contributed by atoms with E-state index >= 15 is 0 Å². The summed E-state index contributed by atoms with van der Waals surface area (Å²) in [5.41, 5.74) is 1.08. The predicted octanol–water partition coefficient (Wildman–Crippen LogP) is 2.48. The van der Waals surface area contributed by atoms with Gasteiger partial charge in [0.2, 0.25) is 5.91 Å². The molecule has 1 amide bonds. The molecule has 5 unspecified atom stereocenters. The van der Waals surface area contributed by atoms with Gasteiger partial charge in [0.1, 0.15) is 6.17 Å². The van der Waals surface area contributed by atoms with Crippen LogP contribution in [0.1, 0.15) is 37.9 Å². The van der Waals surface area contributed by atoms with Crippen molar-refractivity contribution in [1.82, 2.24) is 10.2 Å². The molecule has 1 aromatic carbocycles. The van der Waals surface area contributed by atoms with Gasteiger partial charge in [0.15, 0.2) is 0 Å². The van der Waals surface area contributed by atoms with E-state index in [2.05, 4.69) is 5.32 Å². The Hall–Kier alpha value is -1.10. The van der Waals surface area contributed by atoms with Crippen molar-refractivity contribution in [1.29, 1.82) is 0 Å². The van der Waals surface area contributed by atoms with Gasteiger partial charge in [0.25, 0.3) is 0 Å². The molecule has 3 aliphatic rings. The molecule has 3 saturated heterocycles. The number of nitrogens with one attached hydrogen (secondary N) is 1. The molecular weight excluding hydrogens is 288 g/mol. The molecule has 3 fully saturated rings. The van der Waals surface area contributed by atoms with E-state index < -0.39 is 0 Å². The van der Waals surface area contributed by atoms with Gasteiger partial charge in [-0.25, -0.2) is 0 Å². The van der Waals surface area contributed by atoms with Crippen LogP contribution in [0.3, 0.4) is 0 Å². The second-order valence-corrected chi connectivity index (χ2v) is 6.70. The summed E-state index contributed by atoms with van der Waals surface area (Å²) in [5.74, 6) is 0.177. The van der Waals surface area contributed by atoms with Gasteiger partial charge in [0, 0.05) is 5.02 Å². The van der Waals surface area contributed by atoms with Gasteiger partial charge >= 0.3 is 0 Å². The highest BCUT2D eigenvalue weighted by Crippen LogP contribution is 2.41. The minimum Gasteiger partial charge on any atom is -0.373 e. The topological polar surface area (TPSA) is 41.6 Å². The zero-order valence-corrected chi connectivity index (χ0v) is 12.7. The molecule has 112 valence electrons. The Bertz CT molecular complexity index is 562. The zero-order valence-electron chi connectivity index (χ0n) is 12.0. The van der Waals surface area contributed by atoms with Crippen molar-refractivity contribution in [2.75, 3.05) is 0 Å². The molecule has 4 nitrogen and oxygen atoms in total. The number of ether oxygens (including phenoxy) is 1. The van der Waals surface area contributed by atoms with Gasteiger partial charge in [-0.2, -0.15) is 0 Å². The first-order valence-electron chi connectivity index (χ1n) is 7.62. The monoisotopic (exact) mass is 306 g/mol. The van der Waals surface area contributed by atoms with E-state index in [1.807, 2.05) is 36.1 Å². The molecule has 0 aliphatic carbocycles. The van der Waals surface area contributed by atoms with Crippen molar-refractivity contribution in [3.05, 3.63) is 34.9 Å². The highest BCUT2D eigenvalue weighted by Gasteiger charge is 2.50. The molecule has 2 bridgehead atoms. The number of hydrogen-bond acceptors (Lipinski definition) is 3. The maximum absolute atomic E-state index is 12.6. The van der Waals surface area contributed by atoms with Gasteiger partial charge in [-0.15, -0.1) is 0 Å². The van der Waals surface area contributed by atoms with E-state index in [4.69, 9.17) is 16.3 Å². The summed E-state index contributed by atoms with van der Waals surface area (Å²) in [6.07, 6.45) is 3.65. The second-order valence-electron chi connectivity index (χ2n) is 6.26. The van der Waals surface area contributed by atoms with E-state index in [9.17, 15) is 4.79 Å². The van der Waals surface area contributed by atoms with Crippen LogP contribution < -0.4 is 5.32 Å². The van der Waals surface area contributed by atoms with Crippen molar-refractivity contribution in [2.45, 2.75) is 56.6 Å². The number of hydrogen-bond donors (Lipinski definition) is 1. The minimum absolute atomic E-state index is 0.0716. The van der Waals surface area contributed by atoms with Crippen LogP contribution in [0.4, 0.5) is 0 Å². The lowest BCUT2D eigenvalue weighted by Crippen LogP contribution is -2.45. The van der Waals surface area contributed by atoms with Gasteiger partial charge in [-0.05, 0) is 43.9 Å². The smallest absolute Gasteiger partial charge is 0.241 e. The Morgan fingerprint density at radius 2 is 2.05 bits per heavy atom. The van der Waals surface area contributed by atoms with E-state index in [1.165, 1.54) is 0 Å². The molecule has 4 rings (SSSR count). The average molecular weight is 307 g/mol. The molecule has 5 heteroatoms. The van der Waals surface area contributed by atoms with E-state index in [0.29, 0.717) is 11.1 Å². The van der Waals surface area contributed by atoms with Crippen molar-refractivity contribution >= 4 is 17.5 Å². The highest BCUT2D eigenvalue weighted by molar-refractivity contribution is 6.30. The maximum Gasteiger partial charge on any atom is 0.241 e. The van der Waals surface area contributed by atoms with Crippen molar-refractivity contribution < 1.29 is 9.53 Å². The molecule has 21 heavy (non-hydrogen) atoms. The summed E-state index contributed by atoms with van der Waals surface area (Å²) in [7, 11) is 0. The summed E-state index contributed by atoms with van der Waals surface area (Å²) < 4.78 is 5.94. The Morgan fingerprint density at radius 3 is 2.67 bits per heavy atom. The van der Waals surface area contributed by atoms with Crippen LogP contribution in [0, 0.1) is 0 Å². The molecule has 5 atom stereocenters. The van der Waals surface area contributed by atoms with Crippen LogP contribution in [0.15, 0.2) is 24.3 Å². The number of benzene rings is 1. The third kappa shape index (κ3) is 2.17. The number of carbonyl (C=O) groups is 1. The quantitative estimate of drug-likeness (QED) is 0.912. The third-order valence-corrected chi connectivity index (χ3v) is 5.18. The number of carbonyl (C=O) groups excluding carboxylic acids is 1. The number of amides is 1. The fourth-order valence-corrected chi connectivity index (χ4v) is 4.03. The standard InChI is InChI=1S/C16H19ClN2O2/c1-9-16(20)19(13-8-12-6-7-14(13)21-12)15(18-9)10-2-4-11(17)5-3-10/h2-5,9,12-15,18H,6-8H2,1H3. The Morgan fingerprint density at radius 1 is 1.29 bits per heavy atom. The Balaban J connectivity index is 1.65. The summed E-state index contributed by atoms with van der Waals surface area (Å²) in [4.78, 5) is 14.6. The minimum atomic E-state index is -0.148. The van der Waals surface area contributed by atoms with Crippen LogP contribution >= 0.6 is 11.6 Å². The van der Waals surface area contributed by atoms with Crippen LogP contribution in [0.5, 0.6) is 0 Å². The SMILES string of the molecule is CC1NC(c2ccc(Cl)cc2)N(C2CC3CCC2O3)C1=O. The third-order valence-electron chi connectivity index (χ3n) is 4.93. The molecule has 0 aromatic heterocycles. The largest absolute Gasteiger partial charge is 0.373 e. The Kier molecular flexibility index (Phi) is 3.21. The molecule has 1 aromatic rings. The first-order chi connectivity index (χ1) is 10.1. The second kappa shape index (κ2) is 4.97. The number of fused-ring (bicyclic) bond motifs is 2. The highest BCUT2D eigenvalue weighted by atomic mass is 35.5. The molecular formula is C16H19ClN2O2. The van der Waals surface area contributed by atoms with Crippen LogP contribution in [-0.2, 0) is 9.53 Å². The summed E-state index contributed by atoms with van der Waals surface area (Å²) >= 11 is 5.97. The van der Waals surface area contributed by atoms with Gasteiger partial charge in [0.05, 0.1) is 24.3 Å². The number of nitrogens with zero attached hydrogens (tertiary/aromatic N) is 1. The van der Waals surface area contributed by atoms with Gasteiger partial charge in [-0.1, -0.05) is 23.7 Å². The van der Waals surface area contributed by atoms with Crippen LogP contribution in [0.2, 0.25) is 5.02 Å². The van der Waals surface area contributed by atoms with Crippen molar-refractivity contribution in [3.63, 3.8) is 0 Å². The molecule has 3 aliphatic heterocycles. The summed E-state index contributed by atoms with van der Waals surface area (Å²) in [6, 6.07) is 7.79. The molecule has 0 radical (unpaired) electrons. The molecule has 0 spiro atoms. The molecule has 1 N–H and O–H groups in total. The number of rotatable bonds is 2. The predicted molar refractivity (Wildman–Crippen MR) is 79.9 cm³/mol.